The van der Waals surface area contributed by atoms with E-state index in [9.17, 15) is 0 Å². The molecule has 0 fully saturated rings. The molecule has 0 saturated heterocycles. The van der Waals surface area contributed by atoms with Crippen LogP contribution in [0, 0.1) is 0 Å². The van der Waals surface area contributed by atoms with Gasteiger partial charge in [0.05, 0.1) is 0 Å². The predicted octanol–water partition coefficient (Wildman–Crippen LogP) is 3.36. The molecule has 0 saturated carbocycles. The summed E-state index contributed by atoms with van der Waals surface area (Å²) in [7, 11) is 0. The van der Waals surface area contributed by atoms with E-state index in [1.165, 1.54) is 5.57 Å². The van der Waals surface area contributed by atoms with Crippen LogP contribution in [0.2, 0.25) is 0 Å². The molecule has 0 aromatic rings. The maximum absolute atomic E-state index is 5.93. The van der Waals surface area contributed by atoms with Gasteiger partial charge in [0.15, 0.2) is 0 Å². The maximum atomic E-state index is 5.93. The van der Waals surface area contributed by atoms with Crippen molar-refractivity contribution in [3.05, 3.63) is 11.6 Å². The largest absolute Gasteiger partial charge is 0.120 e. The topological polar surface area (TPSA) is 0 Å². The van der Waals surface area contributed by atoms with Gasteiger partial charge >= 0.3 is 0 Å². The monoisotopic (exact) mass is 146 g/mol. The first-order valence-electron chi connectivity index (χ1n) is 3.24. The summed E-state index contributed by atoms with van der Waals surface area (Å²) in [5.41, 5.74) is 1.34. The summed E-state index contributed by atoms with van der Waals surface area (Å²) in [6, 6.07) is 0. The van der Waals surface area contributed by atoms with Gasteiger partial charge in [-0.25, -0.2) is 0 Å². The smallest absolute Gasteiger partial charge is 0.0425 e. The lowest BCUT2D eigenvalue weighted by Crippen LogP contribution is -2.07. The number of hydrogen-bond acceptors (Lipinski definition) is 0. The van der Waals surface area contributed by atoms with Gasteiger partial charge in [-0.1, -0.05) is 11.6 Å². The summed E-state index contributed by atoms with van der Waals surface area (Å²) in [4.78, 5) is -0.0722. The normalized spacial score (nSPS) is 11.2. The number of allylic oxidation sites excluding steroid dienone is 2. The van der Waals surface area contributed by atoms with Crippen molar-refractivity contribution in [1.82, 2.24) is 0 Å². The van der Waals surface area contributed by atoms with Gasteiger partial charge in [0.2, 0.25) is 0 Å². The Kier molecular flexibility index (Phi) is 3.27. The molecule has 0 amide bonds. The molecule has 9 heavy (non-hydrogen) atoms. The van der Waals surface area contributed by atoms with Crippen molar-refractivity contribution < 1.29 is 0 Å². The van der Waals surface area contributed by atoms with Crippen molar-refractivity contribution in [2.45, 2.75) is 39.0 Å². The fourth-order valence-electron chi connectivity index (χ4n) is 0.447. The summed E-state index contributed by atoms with van der Waals surface area (Å²) >= 11 is 5.93. The Morgan fingerprint density at radius 3 is 2.00 bits per heavy atom. The molecular weight excluding hydrogens is 132 g/mol. The molecule has 54 valence electrons. The Bertz CT molecular complexity index is 102. The van der Waals surface area contributed by atoms with E-state index in [2.05, 4.69) is 19.9 Å². The van der Waals surface area contributed by atoms with E-state index in [-0.39, 0.29) is 4.87 Å². The van der Waals surface area contributed by atoms with E-state index in [4.69, 9.17) is 11.6 Å². The number of alkyl halides is 1. The van der Waals surface area contributed by atoms with Gasteiger partial charge in [-0.15, -0.1) is 11.6 Å². The Morgan fingerprint density at radius 1 is 1.44 bits per heavy atom. The molecule has 0 radical (unpaired) electrons. The lowest BCUT2D eigenvalue weighted by molar-refractivity contribution is 0.709. The van der Waals surface area contributed by atoms with E-state index in [1.807, 2.05) is 13.8 Å². The van der Waals surface area contributed by atoms with Crippen LogP contribution in [0.1, 0.15) is 34.1 Å². The highest BCUT2D eigenvalue weighted by atomic mass is 35.5. The molecule has 0 nitrogen and oxygen atoms in total. The van der Waals surface area contributed by atoms with Crippen LogP contribution >= 0.6 is 11.6 Å². The Labute approximate surface area is 62.9 Å². The summed E-state index contributed by atoms with van der Waals surface area (Å²) in [6.07, 6.45) is 3.11. The third-order valence-corrected chi connectivity index (χ3v) is 1.15. The van der Waals surface area contributed by atoms with Crippen LogP contribution in [-0.2, 0) is 0 Å². The van der Waals surface area contributed by atoms with Gasteiger partial charge in [0, 0.05) is 4.87 Å². The first-order chi connectivity index (χ1) is 3.92. The SMILES string of the molecule is CC(C)=CCC(C)(C)Cl. The molecular formula is C8H15Cl. The third-order valence-electron chi connectivity index (χ3n) is 0.996. The van der Waals surface area contributed by atoms with Gasteiger partial charge in [-0.2, -0.15) is 0 Å². The third kappa shape index (κ3) is 8.03. The molecule has 0 unspecified atom stereocenters. The molecule has 0 aliphatic rings. The number of rotatable bonds is 2. The summed E-state index contributed by atoms with van der Waals surface area (Å²) in [5.74, 6) is 0. The van der Waals surface area contributed by atoms with Crippen molar-refractivity contribution in [3.8, 4) is 0 Å². The molecule has 0 aromatic heterocycles. The average Bonchev–Trinajstić information content (AvgIpc) is 1.59. The first-order valence-corrected chi connectivity index (χ1v) is 3.62. The van der Waals surface area contributed by atoms with Crippen molar-refractivity contribution in [2.75, 3.05) is 0 Å². The van der Waals surface area contributed by atoms with Crippen LogP contribution < -0.4 is 0 Å². The Hall–Kier alpha value is 0.0300. The maximum Gasteiger partial charge on any atom is 0.0425 e. The van der Waals surface area contributed by atoms with Crippen molar-refractivity contribution in [2.24, 2.45) is 0 Å². The zero-order valence-corrected chi connectivity index (χ0v) is 7.42. The van der Waals surface area contributed by atoms with Gasteiger partial charge in [-0.3, -0.25) is 0 Å². The van der Waals surface area contributed by atoms with Gasteiger partial charge in [-0.05, 0) is 34.1 Å². The molecule has 1 heteroatoms. The minimum atomic E-state index is -0.0722. The number of hydrogen-bond donors (Lipinski definition) is 0. The Balaban J connectivity index is 3.64. The predicted molar refractivity (Wildman–Crippen MR) is 44.0 cm³/mol. The molecule has 0 bridgehead atoms. The summed E-state index contributed by atoms with van der Waals surface area (Å²) in [6.45, 7) is 8.22. The fourth-order valence-corrected chi connectivity index (χ4v) is 0.524. The second-order valence-corrected chi connectivity index (χ2v) is 4.23. The van der Waals surface area contributed by atoms with Crippen LogP contribution in [0.15, 0.2) is 11.6 Å². The van der Waals surface area contributed by atoms with Crippen molar-refractivity contribution in [1.29, 1.82) is 0 Å². The van der Waals surface area contributed by atoms with Crippen LogP contribution in [0.25, 0.3) is 0 Å². The molecule has 0 aliphatic heterocycles. The minimum absolute atomic E-state index is 0.0722. The lowest BCUT2D eigenvalue weighted by atomic mass is 10.1. The highest BCUT2D eigenvalue weighted by Crippen LogP contribution is 2.18. The standard InChI is InChI=1S/C8H15Cl/c1-7(2)5-6-8(3,4)9/h5H,6H2,1-4H3. The van der Waals surface area contributed by atoms with E-state index in [0.717, 1.165) is 6.42 Å². The van der Waals surface area contributed by atoms with Crippen LogP contribution in [0.4, 0.5) is 0 Å². The van der Waals surface area contributed by atoms with Crippen LogP contribution in [0.3, 0.4) is 0 Å². The van der Waals surface area contributed by atoms with E-state index < -0.39 is 0 Å². The van der Waals surface area contributed by atoms with E-state index in [1.54, 1.807) is 0 Å². The van der Waals surface area contributed by atoms with Gasteiger partial charge in [0.25, 0.3) is 0 Å². The molecule has 0 spiro atoms. The van der Waals surface area contributed by atoms with Crippen LogP contribution in [0.5, 0.6) is 0 Å². The van der Waals surface area contributed by atoms with E-state index >= 15 is 0 Å². The molecule has 0 aromatic carbocycles. The second kappa shape index (κ2) is 3.26. The lowest BCUT2D eigenvalue weighted by Gasteiger charge is -2.11. The zero-order valence-electron chi connectivity index (χ0n) is 6.66. The van der Waals surface area contributed by atoms with Crippen molar-refractivity contribution >= 4 is 11.6 Å². The zero-order chi connectivity index (χ0) is 7.49. The first kappa shape index (κ1) is 9.03. The minimum Gasteiger partial charge on any atom is -0.120 e. The highest BCUT2D eigenvalue weighted by molar-refractivity contribution is 6.23. The quantitative estimate of drug-likeness (QED) is 0.414. The van der Waals surface area contributed by atoms with Gasteiger partial charge in [0.1, 0.15) is 0 Å². The molecule has 0 heterocycles. The molecule has 0 rings (SSSR count). The molecule has 0 N–H and O–H groups in total. The molecule has 0 atom stereocenters. The highest BCUT2D eigenvalue weighted by Gasteiger charge is 2.09. The summed E-state index contributed by atoms with van der Waals surface area (Å²) in [5, 5.41) is 0. The van der Waals surface area contributed by atoms with Crippen molar-refractivity contribution in [3.63, 3.8) is 0 Å². The van der Waals surface area contributed by atoms with Gasteiger partial charge < -0.3 is 0 Å². The Morgan fingerprint density at radius 2 is 1.89 bits per heavy atom. The second-order valence-electron chi connectivity index (χ2n) is 3.20. The average molecular weight is 147 g/mol. The summed E-state index contributed by atoms with van der Waals surface area (Å²) < 4.78 is 0. The fraction of sp³-hybridized carbons (Fsp3) is 0.750. The molecule has 0 aliphatic carbocycles. The van der Waals surface area contributed by atoms with E-state index in [0.29, 0.717) is 0 Å². The van der Waals surface area contributed by atoms with Crippen LogP contribution in [-0.4, -0.2) is 4.87 Å². The number of halogens is 1.